The van der Waals surface area contributed by atoms with Crippen LogP contribution >= 0.6 is 0 Å². The molecular weight excluding hydrogens is 312 g/mol. The van der Waals surface area contributed by atoms with Gasteiger partial charge in [0, 0.05) is 0 Å². The van der Waals surface area contributed by atoms with Gasteiger partial charge >= 0.3 is 0 Å². The van der Waals surface area contributed by atoms with Crippen LogP contribution in [0.1, 0.15) is 106 Å². The van der Waals surface area contributed by atoms with Crippen molar-refractivity contribution in [2.24, 2.45) is 59.2 Å². The highest BCUT2D eigenvalue weighted by Crippen LogP contribution is 2.59. The lowest BCUT2D eigenvalue weighted by Gasteiger charge is -2.34. The second-order valence-corrected chi connectivity index (χ2v) is 10.9. The maximum absolute atomic E-state index is 2.64. The van der Waals surface area contributed by atoms with E-state index in [2.05, 4.69) is 41.5 Å². The monoisotopic (exact) mass is 360 g/mol. The molecule has 26 heavy (non-hydrogen) atoms. The first kappa shape index (κ1) is 20.7. The van der Waals surface area contributed by atoms with Gasteiger partial charge in [-0.15, -0.1) is 0 Å². The topological polar surface area (TPSA) is 0 Å². The summed E-state index contributed by atoms with van der Waals surface area (Å²) in [5, 5.41) is 0. The van der Waals surface area contributed by atoms with Crippen molar-refractivity contribution >= 4 is 0 Å². The van der Waals surface area contributed by atoms with Gasteiger partial charge in [0.05, 0.1) is 0 Å². The van der Waals surface area contributed by atoms with E-state index in [1.165, 1.54) is 32.1 Å². The van der Waals surface area contributed by atoms with Crippen LogP contribution in [0.2, 0.25) is 0 Å². The summed E-state index contributed by atoms with van der Waals surface area (Å²) in [5.41, 5.74) is 0. The standard InChI is InChI=1S/C23H40.C3H8/c1-14-15(2)23(21-12-8-7-9-18(14)21)13-22-16(3)19-10-5-6-11-20(19)17(22)4;1-3-2/h14-23H,5-13H2,1-4H3;3H2,1-2H3. The Balaban J connectivity index is 0.000000613. The van der Waals surface area contributed by atoms with E-state index in [0.717, 1.165) is 59.2 Å². The number of rotatable bonds is 2. The van der Waals surface area contributed by atoms with Crippen molar-refractivity contribution in [1.29, 1.82) is 0 Å². The van der Waals surface area contributed by atoms with Gasteiger partial charge in [0.1, 0.15) is 0 Å². The maximum Gasteiger partial charge on any atom is -0.0352 e. The predicted octanol–water partition coefficient (Wildman–Crippen LogP) is 8.21. The molecule has 0 aromatic rings. The van der Waals surface area contributed by atoms with Crippen molar-refractivity contribution in [2.75, 3.05) is 0 Å². The Labute approximate surface area is 165 Å². The Bertz CT molecular complexity index is 408. The number of fused-ring (bicyclic) bond motifs is 2. The van der Waals surface area contributed by atoms with Gasteiger partial charge in [0.2, 0.25) is 0 Å². The molecule has 4 aliphatic rings. The minimum absolute atomic E-state index is 0.991. The minimum Gasteiger partial charge on any atom is -0.0656 e. The normalized spacial score (nSPS) is 50.5. The zero-order valence-electron chi connectivity index (χ0n) is 18.8. The summed E-state index contributed by atoms with van der Waals surface area (Å²) in [6.45, 7) is 14.7. The van der Waals surface area contributed by atoms with Gasteiger partial charge in [-0.2, -0.15) is 0 Å². The Kier molecular flexibility index (Phi) is 7.17. The lowest BCUT2D eigenvalue weighted by atomic mass is 9.72. The molecular formula is C26H48. The highest BCUT2D eigenvalue weighted by molar-refractivity contribution is 5.00. The van der Waals surface area contributed by atoms with Crippen LogP contribution < -0.4 is 0 Å². The van der Waals surface area contributed by atoms with Crippen LogP contribution in [0.3, 0.4) is 0 Å². The first-order chi connectivity index (χ1) is 12.5. The smallest absolute Gasteiger partial charge is 0.0352 e. The van der Waals surface area contributed by atoms with Crippen LogP contribution in [-0.4, -0.2) is 0 Å². The van der Waals surface area contributed by atoms with Gasteiger partial charge in [0.25, 0.3) is 0 Å². The van der Waals surface area contributed by atoms with Crippen LogP contribution in [0.5, 0.6) is 0 Å². The molecule has 4 aliphatic carbocycles. The van der Waals surface area contributed by atoms with Crippen LogP contribution in [0, 0.1) is 59.2 Å². The summed E-state index contributed by atoms with van der Waals surface area (Å²) in [7, 11) is 0. The summed E-state index contributed by atoms with van der Waals surface area (Å²) in [6.07, 6.45) is 15.1. The van der Waals surface area contributed by atoms with Crippen molar-refractivity contribution in [1.82, 2.24) is 0 Å². The Morgan fingerprint density at radius 2 is 0.885 bits per heavy atom. The molecule has 9 unspecified atom stereocenters. The molecule has 0 nitrogen and oxygen atoms in total. The van der Waals surface area contributed by atoms with Crippen molar-refractivity contribution in [3.63, 3.8) is 0 Å². The number of hydrogen-bond donors (Lipinski definition) is 0. The Morgan fingerprint density at radius 1 is 0.500 bits per heavy atom. The third-order valence-electron chi connectivity index (χ3n) is 9.73. The van der Waals surface area contributed by atoms with Gasteiger partial charge in [-0.3, -0.25) is 0 Å². The quantitative estimate of drug-likeness (QED) is 0.465. The number of hydrogen-bond acceptors (Lipinski definition) is 0. The molecule has 0 radical (unpaired) electrons. The van der Waals surface area contributed by atoms with Crippen molar-refractivity contribution < 1.29 is 0 Å². The first-order valence-corrected chi connectivity index (χ1v) is 12.5. The van der Waals surface area contributed by atoms with Gasteiger partial charge in [-0.25, -0.2) is 0 Å². The fourth-order valence-electron chi connectivity index (χ4n) is 8.28. The second kappa shape index (κ2) is 9.00. The van der Waals surface area contributed by atoms with Gasteiger partial charge in [-0.1, -0.05) is 73.6 Å². The van der Waals surface area contributed by atoms with Gasteiger partial charge in [-0.05, 0) is 91.3 Å². The summed E-state index contributed by atoms with van der Waals surface area (Å²) in [6, 6.07) is 0. The summed E-state index contributed by atoms with van der Waals surface area (Å²) >= 11 is 0. The van der Waals surface area contributed by atoms with Crippen LogP contribution in [-0.2, 0) is 0 Å². The summed E-state index contributed by atoms with van der Waals surface area (Å²) in [5.74, 6) is 10.5. The first-order valence-electron chi connectivity index (χ1n) is 12.5. The molecule has 0 aromatic carbocycles. The average Bonchev–Trinajstić information content (AvgIpc) is 3.04. The zero-order chi connectivity index (χ0) is 18.8. The molecule has 0 heterocycles. The van der Waals surface area contributed by atoms with E-state index in [1.54, 1.807) is 32.1 Å². The van der Waals surface area contributed by atoms with Crippen molar-refractivity contribution in [3.8, 4) is 0 Å². The van der Waals surface area contributed by atoms with E-state index in [-0.39, 0.29) is 0 Å². The predicted molar refractivity (Wildman–Crippen MR) is 115 cm³/mol. The Morgan fingerprint density at radius 3 is 1.35 bits per heavy atom. The molecule has 0 bridgehead atoms. The van der Waals surface area contributed by atoms with Crippen LogP contribution in [0.4, 0.5) is 0 Å². The third-order valence-corrected chi connectivity index (χ3v) is 9.73. The van der Waals surface area contributed by atoms with E-state index in [0.29, 0.717) is 0 Å². The van der Waals surface area contributed by atoms with Crippen LogP contribution in [0.25, 0.3) is 0 Å². The molecule has 0 amide bonds. The van der Waals surface area contributed by atoms with Crippen LogP contribution in [0.15, 0.2) is 0 Å². The van der Waals surface area contributed by atoms with Crippen molar-refractivity contribution in [3.05, 3.63) is 0 Å². The van der Waals surface area contributed by atoms with E-state index >= 15 is 0 Å². The van der Waals surface area contributed by atoms with Gasteiger partial charge < -0.3 is 0 Å². The lowest BCUT2D eigenvalue weighted by Crippen LogP contribution is -2.25. The fourth-order valence-corrected chi connectivity index (χ4v) is 8.28. The largest absolute Gasteiger partial charge is 0.0656 e. The molecule has 0 aromatic heterocycles. The molecule has 4 rings (SSSR count). The molecule has 152 valence electrons. The minimum atomic E-state index is 0.991. The van der Waals surface area contributed by atoms with E-state index in [1.807, 2.05) is 0 Å². The van der Waals surface area contributed by atoms with E-state index in [9.17, 15) is 0 Å². The molecule has 4 saturated carbocycles. The van der Waals surface area contributed by atoms with Crippen molar-refractivity contribution in [2.45, 2.75) is 106 Å². The molecule has 0 spiro atoms. The third kappa shape index (κ3) is 3.77. The van der Waals surface area contributed by atoms with E-state index < -0.39 is 0 Å². The summed E-state index contributed by atoms with van der Waals surface area (Å²) in [4.78, 5) is 0. The summed E-state index contributed by atoms with van der Waals surface area (Å²) < 4.78 is 0. The molecule has 0 heteroatoms. The molecule has 0 saturated heterocycles. The second-order valence-electron chi connectivity index (χ2n) is 10.9. The molecule has 0 N–H and O–H groups in total. The molecule has 0 aliphatic heterocycles. The fraction of sp³-hybridized carbons (Fsp3) is 1.00. The highest BCUT2D eigenvalue weighted by atomic mass is 14.6. The Hall–Kier alpha value is 0. The van der Waals surface area contributed by atoms with E-state index in [4.69, 9.17) is 0 Å². The SMILES string of the molecule is CC1C(CC2C(C)C(C)C3CCCCC32)C(C)C2CCCCC12.CCC. The van der Waals surface area contributed by atoms with Gasteiger partial charge in [0.15, 0.2) is 0 Å². The molecule has 9 atom stereocenters. The highest BCUT2D eigenvalue weighted by Gasteiger charge is 2.51. The zero-order valence-corrected chi connectivity index (χ0v) is 18.8. The molecule has 4 fully saturated rings. The average molecular weight is 361 g/mol. The maximum atomic E-state index is 2.64. The lowest BCUT2D eigenvalue weighted by molar-refractivity contribution is 0.158.